The maximum Gasteiger partial charge on any atom is 0.270 e. The van der Waals surface area contributed by atoms with Crippen molar-refractivity contribution in [2.45, 2.75) is 19.8 Å². The summed E-state index contributed by atoms with van der Waals surface area (Å²) in [7, 11) is 3.24. The van der Waals surface area contributed by atoms with Gasteiger partial charge in [-0.25, -0.2) is 4.98 Å². The number of ether oxygens (including phenoxy) is 2. The lowest BCUT2D eigenvalue weighted by Gasteiger charge is -2.07. The Labute approximate surface area is 124 Å². The van der Waals surface area contributed by atoms with Crippen molar-refractivity contribution in [3.63, 3.8) is 0 Å². The monoisotopic (exact) mass is 291 g/mol. The zero-order valence-corrected chi connectivity index (χ0v) is 12.7. The van der Waals surface area contributed by atoms with Crippen LogP contribution in [0.15, 0.2) is 18.3 Å². The Morgan fingerprint density at radius 3 is 2.90 bits per heavy atom. The van der Waals surface area contributed by atoms with Crippen molar-refractivity contribution in [2.24, 2.45) is 0 Å². The number of nitrogens with zero attached hydrogens (tertiary/aromatic N) is 2. The van der Waals surface area contributed by atoms with Crippen LogP contribution in [0, 0.1) is 0 Å². The van der Waals surface area contributed by atoms with E-state index in [4.69, 9.17) is 9.47 Å². The molecular weight excluding hydrogens is 270 g/mol. The van der Waals surface area contributed by atoms with Crippen molar-refractivity contribution >= 4 is 11.6 Å². The number of hydrogen-bond donors (Lipinski definition) is 1. The van der Waals surface area contributed by atoms with Gasteiger partial charge in [-0.1, -0.05) is 6.92 Å². The van der Waals surface area contributed by atoms with Gasteiger partial charge in [0.2, 0.25) is 0 Å². The molecule has 0 unspecified atom stereocenters. The van der Waals surface area contributed by atoms with Gasteiger partial charge in [0.05, 0.1) is 12.8 Å². The number of rotatable bonds is 7. The average molecular weight is 291 g/mol. The number of carbonyl (C=O) groups is 1. The maximum atomic E-state index is 12.4. The van der Waals surface area contributed by atoms with Crippen LogP contribution in [0.5, 0.6) is 5.75 Å². The smallest absolute Gasteiger partial charge is 0.270 e. The predicted molar refractivity (Wildman–Crippen MR) is 79.9 cm³/mol. The molecule has 0 saturated carbocycles. The molecule has 1 amide bonds. The number of amides is 1. The van der Waals surface area contributed by atoms with E-state index in [1.807, 2.05) is 25.3 Å². The fraction of sp³-hybridized carbons (Fsp3) is 0.467. The molecular formula is C15H21N3O3. The van der Waals surface area contributed by atoms with Crippen molar-refractivity contribution in [1.29, 1.82) is 0 Å². The van der Waals surface area contributed by atoms with Crippen LogP contribution in [0.2, 0.25) is 0 Å². The van der Waals surface area contributed by atoms with E-state index in [1.165, 1.54) is 0 Å². The SMILES string of the molecule is CCc1nc2c(OC)cccn2c1C(=O)NCCCOC. The van der Waals surface area contributed by atoms with Crippen LogP contribution in [0.25, 0.3) is 5.65 Å². The van der Waals surface area contributed by atoms with Crippen LogP contribution in [-0.4, -0.2) is 42.7 Å². The number of aromatic nitrogens is 2. The zero-order chi connectivity index (χ0) is 15.2. The normalized spacial score (nSPS) is 10.8. The van der Waals surface area contributed by atoms with Crippen LogP contribution in [0.1, 0.15) is 29.5 Å². The van der Waals surface area contributed by atoms with Gasteiger partial charge in [0.15, 0.2) is 11.4 Å². The first-order valence-electron chi connectivity index (χ1n) is 7.04. The molecule has 1 N–H and O–H groups in total. The molecule has 0 fully saturated rings. The number of aryl methyl sites for hydroxylation is 1. The lowest BCUT2D eigenvalue weighted by molar-refractivity contribution is 0.0941. The lowest BCUT2D eigenvalue weighted by Crippen LogP contribution is -2.27. The quantitative estimate of drug-likeness (QED) is 0.788. The molecule has 0 spiro atoms. The molecule has 2 rings (SSSR count). The molecule has 6 nitrogen and oxygen atoms in total. The highest BCUT2D eigenvalue weighted by Gasteiger charge is 2.19. The molecule has 2 heterocycles. The molecule has 114 valence electrons. The first kappa shape index (κ1) is 15.3. The van der Waals surface area contributed by atoms with Crippen LogP contribution in [0.3, 0.4) is 0 Å². The molecule has 0 saturated heterocycles. The summed E-state index contributed by atoms with van der Waals surface area (Å²) in [6.45, 7) is 3.19. The molecule has 0 radical (unpaired) electrons. The van der Waals surface area contributed by atoms with E-state index in [9.17, 15) is 4.79 Å². The molecule has 0 aliphatic carbocycles. The number of imidazole rings is 1. The fourth-order valence-corrected chi connectivity index (χ4v) is 2.24. The first-order valence-corrected chi connectivity index (χ1v) is 7.04. The summed E-state index contributed by atoms with van der Waals surface area (Å²) in [6.07, 6.45) is 3.30. The van der Waals surface area contributed by atoms with E-state index in [0.29, 0.717) is 36.7 Å². The third-order valence-electron chi connectivity index (χ3n) is 3.27. The molecule has 0 aromatic carbocycles. The predicted octanol–water partition coefficient (Wildman–Crippen LogP) is 1.67. The van der Waals surface area contributed by atoms with Gasteiger partial charge in [-0.05, 0) is 25.0 Å². The fourth-order valence-electron chi connectivity index (χ4n) is 2.24. The van der Waals surface area contributed by atoms with E-state index in [0.717, 1.165) is 12.1 Å². The second kappa shape index (κ2) is 7.08. The molecule has 0 aliphatic rings. The Kier molecular flexibility index (Phi) is 5.16. The van der Waals surface area contributed by atoms with Crippen molar-refractivity contribution in [3.8, 4) is 5.75 Å². The Morgan fingerprint density at radius 2 is 2.24 bits per heavy atom. The molecule has 0 aliphatic heterocycles. The summed E-state index contributed by atoms with van der Waals surface area (Å²) < 4.78 is 12.1. The molecule has 0 bridgehead atoms. The van der Waals surface area contributed by atoms with Crippen molar-refractivity contribution in [1.82, 2.24) is 14.7 Å². The van der Waals surface area contributed by atoms with E-state index in [1.54, 1.807) is 18.6 Å². The summed E-state index contributed by atoms with van der Waals surface area (Å²) in [6, 6.07) is 3.68. The number of carbonyl (C=O) groups excluding carboxylic acids is 1. The number of pyridine rings is 1. The lowest BCUT2D eigenvalue weighted by atomic mass is 10.2. The highest BCUT2D eigenvalue weighted by molar-refractivity contribution is 5.95. The zero-order valence-electron chi connectivity index (χ0n) is 12.7. The highest BCUT2D eigenvalue weighted by atomic mass is 16.5. The second-order valence-electron chi connectivity index (χ2n) is 4.63. The third-order valence-corrected chi connectivity index (χ3v) is 3.27. The van der Waals surface area contributed by atoms with Crippen molar-refractivity contribution in [3.05, 3.63) is 29.7 Å². The van der Waals surface area contributed by atoms with Crippen LogP contribution < -0.4 is 10.1 Å². The van der Waals surface area contributed by atoms with E-state index < -0.39 is 0 Å². The van der Waals surface area contributed by atoms with Gasteiger partial charge in [-0.15, -0.1) is 0 Å². The molecule has 2 aromatic rings. The number of fused-ring (bicyclic) bond motifs is 1. The molecule has 6 heteroatoms. The minimum atomic E-state index is -0.122. The van der Waals surface area contributed by atoms with Gasteiger partial charge in [-0.2, -0.15) is 0 Å². The Hall–Kier alpha value is -2.08. The second-order valence-corrected chi connectivity index (χ2v) is 4.63. The number of nitrogens with one attached hydrogen (secondary N) is 1. The average Bonchev–Trinajstić information content (AvgIpc) is 2.89. The summed E-state index contributed by atoms with van der Waals surface area (Å²) >= 11 is 0. The minimum absolute atomic E-state index is 0.122. The summed E-state index contributed by atoms with van der Waals surface area (Å²) in [4.78, 5) is 16.9. The third kappa shape index (κ3) is 3.16. The topological polar surface area (TPSA) is 64.9 Å². The summed E-state index contributed by atoms with van der Waals surface area (Å²) in [5.74, 6) is 0.536. The first-order chi connectivity index (χ1) is 10.2. The van der Waals surface area contributed by atoms with E-state index in [-0.39, 0.29) is 5.91 Å². The van der Waals surface area contributed by atoms with Gasteiger partial charge in [0.25, 0.3) is 5.91 Å². The van der Waals surface area contributed by atoms with Gasteiger partial charge in [-0.3, -0.25) is 9.20 Å². The largest absolute Gasteiger partial charge is 0.493 e. The summed E-state index contributed by atoms with van der Waals surface area (Å²) in [5, 5.41) is 2.90. The minimum Gasteiger partial charge on any atom is -0.493 e. The van der Waals surface area contributed by atoms with E-state index >= 15 is 0 Å². The van der Waals surface area contributed by atoms with E-state index in [2.05, 4.69) is 10.3 Å². The van der Waals surface area contributed by atoms with Crippen molar-refractivity contribution in [2.75, 3.05) is 27.4 Å². The van der Waals surface area contributed by atoms with Gasteiger partial charge in [0.1, 0.15) is 5.69 Å². The van der Waals surface area contributed by atoms with Gasteiger partial charge >= 0.3 is 0 Å². The molecule has 21 heavy (non-hydrogen) atoms. The standard InChI is InChI=1S/C15H21N3O3/c1-4-11-13(15(19)16-8-6-10-20-2)18-9-5-7-12(21-3)14(18)17-11/h5,7,9H,4,6,8,10H2,1-3H3,(H,16,19). The van der Waals surface area contributed by atoms with Crippen LogP contribution in [-0.2, 0) is 11.2 Å². The highest BCUT2D eigenvalue weighted by Crippen LogP contribution is 2.22. The van der Waals surface area contributed by atoms with Crippen molar-refractivity contribution < 1.29 is 14.3 Å². The van der Waals surface area contributed by atoms with Gasteiger partial charge in [0, 0.05) is 26.5 Å². The van der Waals surface area contributed by atoms with Crippen LogP contribution >= 0.6 is 0 Å². The Bertz CT molecular complexity index is 622. The molecule has 2 aromatic heterocycles. The summed E-state index contributed by atoms with van der Waals surface area (Å²) in [5.41, 5.74) is 2.01. The molecule has 0 atom stereocenters. The van der Waals surface area contributed by atoms with Gasteiger partial charge < -0.3 is 14.8 Å². The number of hydrogen-bond acceptors (Lipinski definition) is 4. The maximum absolute atomic E-state index is 12.4. The number of methoxy groups -OCH3 is 2. The Balaban J connectivity index is 2.31. The van der Waals surface area contributed by atoms with Crippen LogP contribution in [0.4, 0.5) is 0 Å². The Morgan fingerprint density at radius 1 is 1.43 bits per heavy atom.